The Balaban J connectivity index is 1.73. The highest BCUT2D eigenvalue weighted by Crippen LogP contribution is 2.65. The van der Waals surface area contributed by atoms with E-state index in [0.29, 0.717) is 5.41 Å². The zero-order chi connectivity index (χ0) is 14.9. The maximum atomic E-state index is 11.4. The van der Waals surface area contributed by atoms with Crippen molar-refractivity contribution in [2.75, 3.05) is 0 Å². The third-order valence-corrected chi connectivity index (χ3v) is 7.08. The lowest BCUT2D eigenvalue weighted by Gasteiger charge is -2.61. The van der Waals surface area contributed by atoms with Crippen molar-refractivity contribution in [2.45, 2.75) is 55.8 Å². The van der Waals surface area contributed by atoms with Gasteiger partial charge in [-0.25, -0.2) is 13.6 Å². The smallest absolute Gasteiger partial charge is 0.225 e. The Kier molecular flexibility index (Phi) is 2.69. The second-order valence-corrected chi connectivity index (χ2v) is 9.68. The Hall–Kier alpha value is -0.870. The summed E-state index contributed by atoms with van der Waals surface area (Å²) in [5, 5.41) is 5.21. The van der Waals surface area contributed by atoms with Gasteiger partial charge in [0.05, 0.1) is 4.90 Å². The van der Waals surface area contributed by atoms with Crippen LogP contribution in [0.4, 0.5) is 0 Å². The Morgan fingerprint density at radius 2 is 1.62 bits per heavy atom. The van der Waals surface area contributed by atoms with Crippen LogP contribution < -0.4 is 5.14 Å². The van der Waals surface area contributed by atoms with Gasteiger partial charge in [-0.05, 0) is 78.9 Å². The molecule has 4 bridgehead atoms. The number of benzene rings is 1. The Labute approximate surface area is 127 Å². The largest absolute Gasteiger partial charge is 0.238 e. The monoisotopic (exact) mass is 305 g/mol. The van der Waals surface area contributed by atoms with Gasteiger partial charge in [-0.2, -0.15) is 0 Å². The molecule has 4 saturated carbocycles. The predicted molar refractivity (Wildman–Crippen MR) is 82.3 cm³/mol. The van der Waals surface area contributed by atoms with Crippen LogP contribution in [0.2, 0.25) is 0 Å². The van der Waals surface area contributed by atoms with Gasteiger partial charge in [0.1, 0.15) is 0 Å². The van der Waals surface area contributed by atoms with Crippen molar-refractivity contribution in [3.63, 3.8) is 0 Å². The highest BCUT2D eigenvalue weighted by atomic mass is 32.2. The number of hydrogen-bond acceptors (Lipinski definition) is 2. The van der Waals surface area contributed by atoms with Crippen LogP contribution in [0.1, 0.15) is 51.0 Å². The topological polar surface area (TPSA) is 60.2 Å². The summed E-state index contributed by atoms with van der Waals surface area (Å²) in [5.74, 6) is 1.74. The van der Waals surface area contributed by atoms with Gasteiger partial charge in [0, 0.05) is 0 Å². The van der Waals surface area contributed by atoms with E-state index in [1.807, 2.05) is 12.1 Å². The van der Waals surface area contributed by atoms with Gasteiger partial charge in [-0.3, -0.25) is 0 Å². The van der Waals surface area contributed by atoms with Crippen LogP contribution in [0, 0.1) is 17.3 Å². The summed E-state index contributed by atoms with van der Waals surface area (Å²) < 4.78 is 22.8. The van der Waals surface area contributed by atoms with Gasteiger partial charge in [0.2, 0.25) is 10.0 Å². The van der Waals surface area contributed by atoms with Crippen LogP contribution >= 0.6 is 0 Å². The van der Waals surface area contributed by atoms with Gasteiger partial charge in [-0.1, -0.05) is 19.1 Å². The Morgan fingerprint density at radius 3 is 2.10 bits per heavy atom. The second-order valence-electron chi connectivity index (χ2n) is 8.12. The van der Waals surface area contributed by atoms with Gasteiger partial charge in [0.15, 0.2) is 0 Å². The highest BCUT2D eigenvalue weighted by Gasteiger charge is 2.56. The minimum absolute atomic E-state index is 0.224. The van der Waals surface area contributed by atoms with Crippen LogP contribution in [0.5, 0.6) is 0 Å². The third-order valence-electron chi connectivity index (χ3n) is 6.15. The van der Waals surface area contributed by atoms with Crippen LogP contribution in [0.3, 0.4) is 0 Å². The standard InChI is InChI=1S/C17H23NO2S/c1-16-7-12-6-13(8-16)10-17(9-12,11-16)14-2-4-15(5-3-14)21(18,19)20/h2-5,12-13H,6-11H2,1H3,(H2,18,19,20). The molecule has 2 atom stereocenters. The molecule has 4 fully saturated rings. The molecule has 4 aliphatic carbocycles. The van der Waals surface area contributed by atoms with Crippen molar-refractivity contribution < 1.29 is 8.42 Å². The van der Waals surface area contributed by atoms with E-state index in [9.17, 15) is 8.42 Å². The quantitative estimate of drug-likeness (QED) is 0.912. The number of primary sulfonamides is 1. The van der Waals surface area contributed by atoms with Crippen LogP contribution in [0.15, 0.2) is 29.2 Å². The number of rotatable bonds is 2. The summed E-state index contributed by atoms with van der Waals surface area (Å²) in [5.41, 5.74) is 2.12. The molecule has 21 heavy (non-hydrogen) atoms. The fourth-order valence-corrected chi connectivity index (χ4v) is 6.57. The second kappa shape index (κ2) is 4.11. The lowest BCUT2D eigenvalue weighted by Crippen LogP contribution is -2.52. The fraction of sp³-hybridized carbons (Fsp3) is 0.647. The van der Waals surface area contributed by atoms with Crippen LogP contribution in [-0.2, 0) is 15.4 Å². The average Bonchev–Trinajstić information content (AvgIpc) is 2.35. The molecule has 5 rings (SSSR count). The molecule has 2 unspecified atom stereocenters. The normalized spacial score (nSPS) is 41.4. The molecule has 0 amide bonds. The summed E-state index contributed by atoms with van der Waals surface area (Å²) in [7, 11) is -3.59. The molecule has 114 valence electrons. The van der Waals surface area contributed by atoms with Crippen molar-refractivity contribution in [2.24, 2.45) is 22.4 Å². The number of nitrogens with two attached hydrogens (primary N) is 1. The summed E-state index contributed by atoms with van der Waals surface area (Å²) >= 11 is 0. The van der Waals surface area contributed by atoms with Crippen molar-refractivity contribution in [3.8, 4) is 0 Å². The first kappa shape index (κ1) is 13.8. The molecule has 4 heteroatoms. The SMILES string of the molecule is CC12CC3CC(C1)CC(c1ccc(S(N)(=O)=O)cc1)(C3)C2. The van der Waals surface area contributed by atoms with Crippen molar-refractivity contribution in [3.05, 3.63) is 29.8 Å². The summed E-state index contributed by atoms with van der Waals surface area (Å²) in [6.45, 7) is 2.46. The molecular weight excluding hydrogens is 282 g/mol. The molecule has 2 N–H and O–H groups in total. The molecular formula is C17H23NO2S. The molecule has 0 radical (unpaired) electrons. The zero-order valence-electron chi connectivity index (χ0n) is 12.5. The molecule has 1 aromatic rings. The Bertz CT molecular complexity index is 663. The molecule has 0 saturated heterocycles. The van der Waals surface area contributed by atoms with E-state index in [-0.39, 0.29) is 10.3 Å². The van der Waals surface area contributed by atoms with E-state index < -0.39 is 10.0 Å². The van der Waals surface area contributed by atoms with Gasteiger partial charge in [0.25, 0.3) is 0 Å². The Morgan fingerprint density at radius 1 is 1.05 bits per heavy atom. The number of sulfonamides is 1. The third kappa shape index (κ3) is 2.15. The molecule has 0 spiro atoms. The highest BCUT2D eigenvalue weighted by molar-refractivity contribution is 7.89. The van der Waals surface area contributed by atoms with Crippen LogP contribution in [-0.4, -0.2) is 8.42 Å². The van der Waals surface area contributed by atoms with E-state index in [1.165, 1.54) is 44.1 Å². The van der Waals surface area contributed by atoms with E-state index in [1.54, 1.807) is 12.1 Å². The van der Waals surface area contributed by atoms with Gasteiger partial charge in [-0.15, -0.1) is 0 Å². The average molecular weight is 305 g/mol. The van der Waals surface area contributed by atoms with Crippen molar-refractivity contribution in [1.82, 2.24) is 0 Å². The zero-order valence-corrected chi connectivity index (χ0v) is 13.3. The lowest BCUT2D eigenvalue weighted by molar-refractivity contribution is -0.0616. The van der Waals surface area contributed by atoms with E-state index in [2.05, 4.69) is 6.92 Å². The van der Waals surface area contributed by atoms with Gasteiger partial charge < -0.3 is 0 Å². The molecule has 4 aliphatic rings. The molecule has 0 aromatic heterocycles. The minimum Gasteiger partial charge on any atom is -0.225 e. The minimum atomic E-state index is -3.59. The van der Waals surface area contributed by atoms with E-state index >= 15 is 0 Å². The van der Waals surface area contributed by atoms with E-state index in [4.69, 9.17) is 5.14 Å². The first-order valence-electron chi connectivity index (χ1n) is 7.92. The summed E-state index contributed by atoms with van der Waals surface area (Å²) in [4.78, 5) is 0.224. The summed E-state index contributed by atoms with van der Waals surface area (Å²) in [6, 6.07) is 7.39. The molecule has 1 aromatic carbocycles. The molecule has 3 nitrogen and oxygen atoms in total. The maximum absolute atomic E-state index is 11.4. The van der Waals surface area contributed by atoms with Crippen molar-refractivity contribution >= 4 is 10.0 Å². The molecule has 0 aliphatic heterocycles. The maximum Gasteiger partial charge on any atom is 0.238 e. The predicted octanol–water partition coefficient (Wildman–Crippen LogP) is 3.19. The van der Waals surface area contributed by atoms with Crippen LogP contribution in [0.25, 0.3) is 0 Å². The number of hydrogen-bond donors (Lipinski definition) is 1. The lowest BCUT2D eigenvalue weighted by atomic mass is 9.43. The first-order chi connectivity index (χ1) is 9.78. The van der Waals surface area contributed by atoms with Gasteiger partial charge >= 0.3 is 0 Å². The summed E-state index contributed by atoms with van der Waals surface area (Å²) in [6.07, 6.45) is 8.02. The van der Waals surface area contributed by atoms with Crippen molar-refractivity contribution in [1.29, 1.82) is 0 Å². The first-order valence-corrected chi connectivity index (χ1v) is 9.46. The van der Waals surface area contributed by atoms with E-state index in [0.717, 1.165) is 11.8 Å². The fourth-order valence-electron chi connectivity index (χ4n) is 6.06. The molecule has 0 heterocycles.